The van der Waals surface area contributed by atoms with Crippen molar-refractivity contribution in [3.63, 3.8) is 0 Å². The third-order valence-corrected chi connectivity index (χ3v) is 1.96. The Bertz CT molecular complexity index is 552. The Balaban J connectivity index is 2.46. The lowest BCUT2D eigenvalue weighted by Gasteiger charge is -1.97. The fraction of sp³-hybridized carbons (Fsp3) is 0. The maximum absolute atomic E-state index is 13.3. The SMILES string of the molecule is NC(=O)c1cc(-c2ccc(F)cc2F)on1. The first-order chi connectivity index (χ1) is 7.58. The van der Waals surface area contributed by atoms with Crippen molar-refractivity contribution in [1.82, 2.24) is 5.16 Å². The summed E-state index contributed by atoms with van der Waals surface area (Å²) in [6.45, 7) is 0. The first-order valence-electron chi connectivity index (χ1n) is 4.30. The fourth-order valence-corrected chi connectivity index (χ4v) is 1.21. The predicted octanol–water partition coefficient (Wildman–Crippen LogP) is 1.72. The molecule has 0 saturated carbocycles. The zero-order valence-corrected chi connectivity index (χ0v) is 7.91. The molecular formula is C10H6F2N2O2. The lowest BCUT2D eigenvalue weighted by atomic mass is 10.1. The average molecular weight is 224 g/mol. The monoisotopic (exact) mass is 224 g/mol. The van der Waals surface area contributed by atoms with Gasteiger partial charge < -0.3 is 10.3 Å². The van der Waals surface area contributed by atoms with Crippen LogP contribution in [-0.4, -0.2) is 11.1 Å². The van der Waals surface area contributed by atoms with Crippen molar-refractivity contribution < 1.29 is 18.1 Å². The van der Waals surface area contributed by atoms with Crippen molar-refractivity contribution in [2.45, 2.75) is 0 Å². The number of carbonyl (C=O) groups is 1. The molecule has 0 spiro atoms. The quantitative estimate of drug-likeness (QED) is 0.844. The van der Waals surface area contributed by atoms with E-state index in [1.807, 2.05) is 0 Å². The Morgan fingerprint density at radius 1 is 1.31 bits per heavy atom. The second kappa shape index (κ2) is 3.73. The molecule has 4 nitrogen and oxygen atoms in total. The van der Waals surface area contributed by atoms with Crippen LogP contribution >= 0.6 is 0 Å². The van der Waals surface area contributed by atoms with Gasteiger partial charge in [-0.25, -0.2) is 8.78 Å². The summed E-state index contributed by atoms with van der Waals surface area (Å²) in [6, 6.07) is 4.17. The fourth-order valence-electron chi connectivity index (χ4n) is 1.21. The number of amides is 1. The number of halogens is 2. The maximum Gasteiger partial charge on any atom is 0.270 e. The molecule has 0 radical (unpaired) electrons. The summed E-state index contributed by atoms with van der Waals surface area (Å²) in [7, 11) is 0. The molecule has 0 unspecified atom stereocenters. The third-order valence-electron chi connectivity index (χ3n) is 1.96. The second-order valence-corrected chi connectivity index (χ2v) is 3.06. The summed E-state index contributed by atoms with van der Waals surface area (Å²) in [5.74, 6) is -2.26. The van der Waals surface area contributed by atoms with E-state index in [0.717, 1.165) is 6.07 Å². The summed E-state index contributed by atoms with van der Waals surface area (Å²) in [5, 5.41) is 3.35. The molecule has 82 valence electrons. The molecule has 1 aromatic carbocycles. The Morgan fingerprint density at radius 2 is 2.06 bits per heavy atom. The Hall–Kier alpha value is -2.24. The van der Waals surface area contributed by atoms with E-state index in [4.69, 9.17) is 10.3 Å². The molecule has 0 aliphatic rings. The standard InChI is InChI=1S/C10H6F2N2O2/c11-5-1-2-6(7(12)3-5)9-4-8(10(13)15)14-16-9/h1-4H,(H2,13,15). The van der Waals surface area contributed by atoms with Crippen molar-refractivity contribution in [2.24, 2.45) is 5.73 Å². The van der Waals surface area contributed by atoms with E-state index in [-0.39, 0.29) is 17.0 Å². The lowest BCUT2D eigenvalue weighted by Crippen LogP contribution is -2.10. The smallest absolute Gasteiger partial charge is 0.270 e. The molecule has 1 aromatic heterocycles. The molecule has 0 aliphatic heterocycles. The van der Waals surface area contributed by atoms with Gasteiger partial charge in [0.05, 0.1) is 5.56 Å². The summed E-state index contributed by atoms with van der Waals surface area (Å²) < 4.78 is 30.7. The first kappa shape index (κ1) is 10.3. The van der Waals surface area contributed by atoms with Gasteiger partial charge in [-0.1, -0.05) is 5.16 Å². The molecule has 0 saturated heterocycles. The largest absolute Gasteiger partial charge is 0.364 e. The first-order valence-corrected chi connectivity index (χ1v) is 4.30. The molecule has 0 atom stereocenters. The Kier molecular flexibility index (Phi) is 2.40. The molecule has 2 aromatic rings. The highest BCUT2D eigenvalue weighted by Crippen LogP contribution is 2.23. The number of primary amides is 1. The van der Waals surface area contributed by atoms with E-state index < -0.39 is 17.5 Å². The average Bonchev–Trinajstić information content (AvgIpc) is 2.66. The van der Waals surface area contributed by atoms with Crippen LogP contribution in [-0.2, 0) is 0 Å². The number of nitrogens with zero attached hydrogens (tertiary/aromatic N) is 1. The zero-order valence-electron chi connectivity index (χ0n) is 7.91. The van der Waals surface area contributed by atoms with Crippen molar-refractivity contribution in [1.29, 1.82) is 0 Å². The molecule has 1 heterocycles. The van der Waals surface area contributed by atoms with Crippen LogP contribution in [0.1, 0.15) is 10.5 Å². The van der Waals surface area contributed by atoms with Crippen LogP contribution in [0.2, 0.25) is 0 Å². The topological polar surface area (TPSA) is 69.1 Å². The molecular weight excluding hydrogens is 218 g/mol. The van der Waals surface area contributed by atoms with Gasteiger partial charge in [-0.2, -0.15) is 0 Å². The van der Waals surface area contributed by atoms with Crippen LogP contribution in [0, 0.1) is 11.6 Å². The van der Waals surface area contributed by atoms with E-state index >= 15 is 0 Å². The molecule has 0 fully saturated rings. The molecule has 16 heavy (non-hydrogen) atoms. The van der Waals surface area contributed by atoms with Crippen LogP contribution in [0.3, 0.4) is 0 Å². The maximum atomic E-state index is 13.3. The summed E-state index contributed by atoms with van der Waals surface area (Å²) >= 11 is 0. The van der Waals surface area contributed by atoms with E-state index in [9.17, 15) is 13.6 Å². The van der Waals surface area contributed by atoms with Gasteiger partial charge in [-0.15, -0.1) is 0 Å². The normalized spacial score (nSPS) is 10.4. The molecule has 2 rings (SSSR count). The predicted molar refractivity (Wildman–Crippen MR) is 50.4 cm³/mol. The van der Waals surface area contributed by atoms with Crippen molar-refractivity contribution in [3.05, 3.63) is 41.6 Å². The van der Waals surface area contributed by atoms with Crippen LogP contribution in [0.15, 0.2) is 28.8 Å². The van der Waals surface area contributed by atoms with Crippen LogP contribution in [0.5, 0.6) is 0 Å². The number of aromatic nitrogens is 1. The number of benzene rings is 1. The van der Waals surface area contributed by atoms with Gasteiger partial charge in [-0.05, 0) is 12.1 Å². The van der Waals surface area contributed by atoms with E-state index in [2.05, 4.69) is 5.16 Å². The number of rotatable bonds is 2. The minimum Gasteiger partial charge on any atom is -0.364 e. The molecule has 1 amide bonds. The highest BCUT2D eigenvalue weighted by molar-refractivity contribution is 5.91. The Labute approximate surface area is 88.7 Å². The van der Waals surface area contributed by atoms with Crippen LogP contribution < -0.4 is 5.73 Å². The summed E-state index contributed by atoms with van der Waals surface area (Å²) in [6.07, 6.45) is 0. The van der Waals surface area contributed by atoms with E-state index in [1.165, 1.54) is 12.1 Å². The summed E-state index contributed by atoms with van der Waals surface area (Å²) in [5.41, 5.74) is 4.86. The molecule has 6 heteroatoms. The Morgan fingerprint density at radius 3 is 2.62 bits per heavy atom. The number of carbonyl (C=O) groups excluding carboxylic acids is 1. The highest BCUT2D eigenvalue weighted by Gasteiger charge is 2.14. The van der Waals surface area contributed by atoms with E-state index in [1.54, 1.807) is 0 Å². The molecule has 2 N–H and O–H groups in total. The third kappa shape index (κ3) is 1.77. The van der Waals surface area contributed by atoms with Crippen LogP contribution in [0.25, 0.3) is 11.3 Å². The lowest BCUT2D eigenvalue weighted by molar-refractivity contribution is 0.0992. The molecule has 0 bridgehead atoms. The van der Waals surface area contributed by atoms with Gasteiger partial charge in [0.2, 0.25) is 0 Å². The van der Waals surface area contributed by atoms with Crippen molar-refractivity contribution >= 4 is 5.91 Å². The second-order valence-electron chi connectivity index (χ2n) is 3.06. The van der Waals surface area contributed by atoms with Gasteiger partial charge in [-0.3, -0.25) is 4.79 Å². The van der Waals surface area contributed by atoms with Crippen molar-refractivity contribution in [2.75, 3.05) is 0 Å². The zero-order chi connectivity index (χ0) is 11.7. The summed E-state index contributed by atoms with van der Waals surface area (Å²) in [4.78, 5) is 10.7. The molecule has 0 aliphatic carbocycles. The van der Waals surface area contributed by atoms with E-state index in [0.29, 0.717) is 6.07 Å². The van der Waals surface area contributed by atoms with Gasteiger partial charge in [0.25, 0.3) is 5.91 Å². The van der Waals surface area contributed by atoms with Gasteiger partial charge in [0, 0.05) is 12.1 Å². The number of hydrogen-bond acceptors (Lipinski definition) is 3. The number of nitrogens with two attached hydrogens (primary N) is 1. The van der Waals surface area contributed by atoms with Crippen molar-refractivity contribution in [3.8, 4) is 11.3 Å². The van der Waals surface area contributed by atoms with Gasteiger partial charge >= 0.3 is 0 Å². The minimum atomic E-state index is -0.799. The highest BCUT2D eigenvalue weighted by atomic mass is 19.1. The number of hydrogen-bond donors (Lipinski definition) is 1. The van der Waals surface area contributed by atoms with Crippen LogP contribution in [0.4, 0.5) is 8.78 Å². The minimum absolute atomic E-state index is 0.0152. The van der Waals surface area contributed by atoms with Gasteiger partial charge in [0.15, 0.2) is 11.5 Å². The van der Waals surface area contributed by atoms with Gasteiger partial charge in [0.1, 0.15) is 11.6 Å².